The van der Waals surface area contributed by atoms with Crippen molar-refractivity contribution in [1.29, 1.82) is 0 Å². The number of hydrogen-bond donors (Lipinski definition) is 2. The quantitative estimate of drug-likeness (QED) is 0.901. The Morgan fingerprint density at radius 3 is 2.60 bits per heavy atom. The lowest BCUT2D eigenvalue weighted by atomic mass is 9.73. The number of nitrogens with one attached hydrogen (secondary N) is 1. The molecule has 0 saturated heterocycles. The summed E-state index contributed by atoms with van der Waals surface area (Å²) >= 11 is 0. The molecule has 1 heterocycles. The molecule has 0 atom stereocenters. The molecular formula is C15H24ClN3O. The van der Waals surface area contributed by atoms with Gasteiger partial charge in [0.25, 0.3) is 5.91 Å². The SMILES string of the molecule is CC1(C)CCC(CNC(=O)c2ccc(N)cn2)CC1.Cl. The van der Waals surface area contributed by atoms with E-state index in [9.17, 15) is 4.79 Å². The zero-order chi connectivity index (χ0) is 13.9. The summed E-state index contributed by atoms with van der Waals surface area (Å²) in [6, 6.07) is 3.36. The van der Waals surface area contributed by atoms with Crippen molar-refractivity contribution in [3.63, 3.8) is 0 Å². The van der Waals surface area contributed by atoms with Crippen LogP contribution in [0.1, 0.15) is 50.0 Å². The van der Waals surface area contributed by atoms with Crippen LogP contribution in [0.25, 0.3) is 0 Å². The van der Waals surface area contributed by atoms with E-state index in [4.69, 9.17) is 5.73 Å². The van der Waals surface area contributed by atoms with Gasteiger partial charge in [-0.15, -0.1) is 12.4 Å². The molecule has 0 unspecified atom stereocenters. The molecule has 112 valence electrons. The summed E-state index contributed by atoms with van der Waals surface area (Å²) in [7, 11) is 0. The number of rotatable bonds is 3. The number of halogens is 1. The van der Waals surface area contributed by atoms with Crippen molar-refractivity contribution in [2.75, 3.05) is 12.3 Å². The Kier molecular flexibility index (Phi) is 5.81. The molecule has 0 aromatic carbocycles. The first-order valence-corrected chi connectivity index (χ1v) is 6.96. The second-order valence-corrected chi connectivity index (χ2v) is 6.29. The highest BCUT2D eigenvalue weighted by atomic mass is 35.5. The van der Waals surface area contributed by atoms with Gasteiger partial charge in [0.1, 0.15) is 5.69 Å². The molecule has 2 rings (SSSR count). The minimum atomic E-state index is -0.107. The van der Waals surface area contributed by atoms with Crippen LogP contribution < -0.4 is 11.1 Å². The van der Waals surface area contributed by atoms with Crippen molar-refractivity contribution in [1.82, 2.24) is 10.3 Å². The minimum absolute atomic E-state index is 0. The van der Waals surface area contributed by atoms with Gasteiger partial charge in [-0.25, -0.2) is 4.98 Å². The van der Waals surface area contributed by atoms with E-state index in [2.05, 4.69) is 24.1 Å². The lowest BCUT2D eigenvalue weighted by molar-refractivity contribution is 0.0931. The van der Waals surface area contributed by atoms with Crippen molar-refractivity contribution in [2.24, 2.45) is 11.3 Å². The maximum Gasteiger partial charge on any atom is 0.269 e. The molecule has 4 nitrogen and oxygen atoms in total. The molecule has 0 aliphatic heterocycles. The predicted molar refractivity (Wildman–Crippen MR) is 84.0 cm³/mol. The monoisotopic (exact) mass is 297 g/mol. The van der Waals surface area contributed by atoms with Crippen LogP contribution >= 0.6 is 12.4 Å². The molecule has 0 bridgehead atoms. The zero-order valence-electron chi connectivity index (χ0n) is 12.2. The molecule has 1 aliphatic carbocycles. The maximum atomic E-state index is 11.9. The third kappa shape index (κ3) is 4.67. The number of hydrogen-bond acceptors (Lipinski definition) is 3. The topological polar surface area (TPSA) is 68.0 Å². The summed E-state index contributed by atoms with van der Waals surface area (Å²) in [4.78, 5) is 15.9. The molecular weight excluding hydrogens is 274 g/mol. The van der Waals surface area contributed by atoms with Gasteiger partial charge in [-0.2, -0.15) is 0 Å². The van der Waals surface area contributed by atoms with Gasteiger partial charge in [0.05, 0.1) is 11.9 Å². The predicted octanol–water partition coefficient (Wildman–Crippen LogP) is 3.03. The van der Waals surface area contributed by atoms with Crippen LogP contribution in [-0.4, -0.2) is 17.4 Å². The minimum Gasteiger partial charge on any atom is -0.397 e. The standard InChI is InChI=1S/C15H23N3O.ClH/c1-15(2)7-5-11(6-8-15)9-18-14(19)13-4-3-12(16)10-17-13;/h3-4,10-11H,5-9,16H2,1-2H3,(H,18,19);1H. The average molecular weight is 298 g/mol. The number of carbonyl (C=O) groups is 1. The number of anilines is 1. The number of nitrogen functional groups attached to an aromatic ring is 1. The third-order valence-electron chi connectivity index (χ3n) is 4.03. The van der Waals surface area contributed by atoms with E-state index in [0.717, 1.165) is 6.54 Å². The number of nitrogens with two attached hydrogens (primary N) is 1. The summed E-state index contributed by atoms with van der Waals surface area (Å²) < 4.78 is 0. The van der Waals surface area contributed by atoms with Crippen LogP contribution in [0, 0.1) is 11.3 Å². The zero-order valence-corrected chi connectivity index (χ0v) is 13.0. The summed E-state index contributed by atoms with van der Waals surface area (Å²) in [5.41, 5.74) is 7.03. The Hall–Kier alpha value is -1.29. The lowest BCUT2D eigenvalue weighted by Crippen LogP contribution is -2.33. The lowest BCUT2D eigenvalue weighted by Gasteiger charge is -2.34. The van der Waals surface area contributed by atoms with Gasteiger partial charge >= 0.3 is 0 Å². The second-order valence-electron chi connectivity index (χ2n) is 6.29. The highest BCUT2D eigenvalue weighted by molar-refractivity contribution is 5.92. The molecule has 0 spiro atoms. The summed E-state index contributed by atoms with van der Waals surface area (Å²) in [6.45, 7) is 5.39. The normalized spacial score (nSPS) is 18.1. The Balaban J connectivity index is 0.00000200. The van der Waals surface area contributed by atoms with Crippen molar-refractivity contribution in [2.45, 2.75) is 39.5 Å². The van der Waals surface area contributed by atoms with Gasteiger partial charge < -0.3 is 11.1 Å². The van der Waals surface area contributed by atoms with Crippen LogP contribution in [0.3, 0.4) is 0 Å². The van der Waals surface area contributed by atoms with Crippen LogP contribution in [0.2, 0.25) is 0 Å². The second kappa shape index (κ2) is 6.93. The Morgan fingerprint density at radius 1 is 1.40 bits per heavy atom. The molecule has 3 N–H and O–H groups in total. The molecule has 1 saturated carbocycles. The summed E-state index contributed by atoms with van der Waals surface area (Å²) in [6.07, 6.45) is 6.39. The van der Waals surface area contributed by atoms with Crippen molar-refractivity contribution >= 4 is 24.0 Å². The van der Waals surface area contributed by atoms with Gasteiger partial charge in [0.15, 0.2) is 0 Å². The maximum absolute atomic E-state index is 11.9. The molecule has 5 heteroatoms. The molecule has 1 amide bonds. The van der Waals surface area contributed by atoms with E-state index in [-0.39, 0.29) is 18.3 Å². The highest BCUT2D eigenvalue weighted by Crippen LogP contribution is 2.37. The highest BCUT2D eigenvalue weighted by Gasteiger charge is 2.26. The van der Waals surface area contributed by atoms with Gasteiger partial charge in [-0.05, 0) is 49.1 Å². The average Bonchev–Trinajstić information content (AvgIpc) is 2.38. The Bertz CT molecular complexity index is 435. The first kappa shape index (κ1) is 16.8. The van der Waals surface area contributed by atoms with Crippen molar-refractivity contribution in [3.05, 3.63) is 24.0 Å². The van der Waals surface area contributed by atoms with E-state index < -0.39 is 0 Å². The number of aromatic nitrogens is 1. The van der Waals surface area contributed by atoms with Crippen LogP contribution in [-0.2, 0) is 0 Å². The van der Waals surface area contributed by atoms with Gasteiger partial charge in [0, 0.05) is 6.54 Å². The van der Waals surface area contributed by atoms with E-state index in [1.165, 1.54) is 31.9 Å². The molecule has 0 radical (unpaired) electrons. The molecule has 20 heavy (non-hydrogen) atoms. The van der Waals surface area contributed by atoms with Crippen LogP contribution in [0.15, 0.2) is 18.3 Å². The smallest absolute Gasteiger partial charge is 0.269 e. The number of pyridine rings is 1. The van der Waals surface area contributed by atoms with E-state index in [1.807, 2.05) is 0 Å². The van der Waals surface area contributed by atoms with Crippen LogP contribution in [0.5, 0.6) is 0 Å². The van der Waals surface area contributed by atoms with Gasteiger partial charge in [-0.3, -0.25) is 4.79 Å². The molecule has 1 aliphatic rings. The summed E-state index contributed by atoms with van der Waals surface area (Å²) in [5.74, 6) is 0.496. The van der Waals surface area contributed by atoms with Gasteiger partial charge in [0.2, 0.25) is 0 Å². The van der Waals surface area contributed by atoms with Gasteiger partial charge in [-0.1, -0.05) is 13.8 Å². The van der Waals surface area contributed by atoms with E-state index in [1.54, 1.807) is 12.1 Å². The number of nitrogens with zero attached hydrogens (tertiary/aromatic N) is 1. The number of amides is 1. The van der Waals surface area contributed by atoms with Crippen molar-refractivity contribution < 1.29 is 4.79 Å². The Morgan fingerprint density at radius 2 is 2.05 bits per heavy atom. The third-order valence-corrected chi connectivity index (χ3v) is 4.03. The fourth-order valence-electron chi connectivity index (χ4n) is 2.53. The number of carbonyl (C=O) groups excluding carboxylic acids is 1. The molecule has 1 aromatic rings. The van der Waals surface area contributed by atoms with E-state index >= 15 is 0 Å². The fraction of sp³-hybridized carbons (Fsp3) is 0.600. The molecule has 1 fully saturated rings. The first-order chi connectivity index (χ1) is 8.96. The Labute approximate surface area is 126 Å². The van der Waals surface area contributed by atoms with E-state index in [0.29, 0.717) is 22.7 Å². The largest absolute Gasteiger partial charge is 0.397 e. The molecule has 1 aromatic heterocycles. The van der Waals surface area contributed by atoms with Crippen LogP contribution in [0.4, 0.5) is 5.69 Å². The first-order valence-electron chi connectivity index (χ1n) is 6.96. The fourth-order valence-corrected chi connectivity index (χ4v) is 2.53. The summed E-state index contributed by atoms with van der Waals surface area (Å²) in [5, 5.41) is 2.97. The van der Waals surface area contributed by atoms with Crippen molar-refractivity contribution in [3.8, 4) is 0 Å².